The molecule has 0 radical (unpaired) electrons. The average Bonchev–Trinajstić information content (AvgIpc) is 3.23. The second-order valence-electron chi connectivity index (χ2n) is 7.78. The fourth-order valence-electron chi connectivity index (χ4n) is 4.06. The predicted molar refractivity (Wildman–Crippen MR) is 108 cm³/mol. The molecule has 6 heteroatoms. The van der Waals surface area contributed by atoms with E-state index in [1.807, 2.05) is 35.2 Å². The molecule has 5 nitrogen and oxygen atoms in total. The number of benzene rings is 2. The molecule has 4 rings (SSSR count). The van der Waals surface area contributed by atoms with Crippen molar-refractivity contribution >= 4 is 11.6 Å². The van der Waals surface area contributed by atoms with Gasteiger partial charge in [-0.05, 0) is 42.0 Å². The van der Waals surface area contributed by atoms with Gasteiger partial charge in [0.05, 0.1) is 11.8 Å². The Balaban J connectivity index is 1.26. The van der Waals surface area contributed by atoms with Crippen LogP contribution in [0.1, 0.15) is 36.5 Å². The number of amides is 1. The summed E-state index contributed by atoms with van der Waals surface area (Å²) in [5, 5.41) is 14.7. The molecular formula is C23H25FN2O3. The third-order valence-corrected chi connectivity index (χ3v) is 5.77. The lowest BCUT2D eigenvalue weighted by atomic mass is 9.87. The highest BCUT2D eigenvalue weighted by atomic mass is 19.1. The van der Waals surface area contributed by atoms with Crippen LogP contribution in [0.15, 0.2) is 59.8 Å². The molecule has 0 spiro atoms. The second kappa shape index (κ2) is 8.74. The van der Waals surface area contributed by atoms with E-state index in [0.717, 1.165) is 29.7 Å². The molecule has 1 N–H and O–H groups in total. The number of piperidine rings is 1. The summed E-state index contributed by atoms with van der Waals surface area (Å²) >= 11 is 0. The molecule has 1 saturated heterocycles. The summed E-state index contributed by atoms with van der Waals surface area (Å²) in [5.41, 5.74) is 2.66. The Morgan fingerprint density at radius 3 is 2.52 bits per heavy atom. The summed E-state index contributed by atoms with van der Waals surface area (Å²) in [5.74, 6) is -0.168. The van der Waals surface area contributed by atoms with E-state index in [2.05, 4.69) is 5.16 Å². The van der Waals surface area contributed by atoms with Crippen LogP contribution < -0.4 is 0 Å². The van der Waals surface area contributed by atoms with E-state index >= 15 is 0 Å². The zero-order chi connectivity index (χ0) is 20.2. The van der Waals surface area contributed by atoms with Gasteiger partial charge in [0.2, 0.25) is 6.10 Å². The maximum atomic E-state index is 13.0. The Kier molecular flexibility index (Phi) is 5.90. The van der Waals surface area contributed by atoms with Crippen LogP contribution in [0, 0.1) is 11.7 Å². The van der Waals surface area contributed by atoms with Gasteiger partial charge in [-0.1, -0.05) is 47.6 Å². The van der Waals surface area contributed by atoms with Crippen molar-refractivity contribution < 1.29 is 19.1 Å². The number of oxime groups is 1. The monoisotopic (exact) mass is 396 g/mol. The molecule has 2 heterocycles. The molecule has 1 fully saturated rings. The number of halogens is 1. The van der Waals surface area contributed by atoms with E-state index in [1.165, 1.54) is 12.1 Å². The topological polar surface area (TPSA) is 62.1 Å². The van der Waals surface area contributed by atoms with Gasteiger partial charge in [0.25, 0.3) is 5.91 Å². The first-order valence-electron chi connectivity index (χ1n) is 10.1. The highest BCUT2D eigenvalue weighted by Crippen LogP contribution is 2.31. The van der Waals surface area contributed by atoms with Crippen molar-refractivity contribution in [1.82, 2.24) is 4.90 Å². The molecule has 0 bridgehead atoms. The number of aliphatic hydroxyl groups is 1. The summed E-state index contributed by atoms with van der Waals surface area (Å²) < 4.78 is 13.0. The van der Waals surface area contributed by atoms with Gasteiger partial charge in [-0.25, -0.2) is 4.39 Å². The van der Waals surface area contributed by atoms with Crippen molar-refractivity contribution in [3.63, 3.8) is 0 Å². The zero-order valence-electron chi connectivity index (χ0n) is 16.2. The van der Waals surface area contributed by atoms with Gasteiger partial charge in [0.1, 0.15) is 5.82 Å². The molecule has 1 amide bonds. The minimum absolute atomic E-state index is 0.0458. The van der Waals surface area contributed by atoms with Crippen LogP contribution in [0.5, 0.6) is 0 Å². The number of carbonyl (C=O) groups is 1. The van der Waals surface area contributed by atoms with Crippen LogP contribution in [-0.2, 0) is 16.1 Å². The molecule has 2 aromatic carbocycles. The van der Waals surface area contributed by atoms with Gasteiger partial charge in [0.15, 0.2) is 0 Å². The molecule has 0 saturated carbocycles. The number of likely N-dealkylation sites (tertiary alicyclic amines) is 1. The Bertz CT molecular complexity index is 861. The van der Waals surface area contributed by atoms with Crippen molar-refractivity contribution in [1.29, 1.82) is 0 Å². The molecular weight excluding hydrogens is 371 g/mol. The van der Waals surface area contributed by atoms with Crippen molar-refractivity contribution in [2.45, 2.75) is 37.9 Å². The lowest BCUT2D eigenvalue weighted by molar-refractivity contribution is -0.144. The van der Waals surface area contributed by atoms with Gasteiger partial charge in [-0.15, -0.1) is 0 Å². The number of nitrogens with zero attached hydrogens (tertiary/aromatic N) is 2. The Morgan fingerprint density at radius 1 is 1.14 bits per heavy atom. The number of hydrogen-bond donors (Lipinski definition) is 1. The maximum absolute atomic E-state index is 13.0. The van der Waals surface area contributed by atoms with Gasteiger partial charge in [-0.3, -0.25) is 4.79 Å². The first kappa shape index (κ1) is 19.6. The lowest BCUT2D eigenvalue weighted by Gasteiger charge is -2.35. The first-order valence-corrected chi connectivity index (χ1v) is 10.1. The van der Waals surface area contributed by atoms with Crippen molar-refractivity contribution in [2.75, 3.05) is 13.1 Å². The van der Waals surface area contributed by atoms with E-state index < -0.39 is 12.2 Å². The van der Waals surface area contributed by atoms with E-state index in [4.69, 9.17) is 4.84 Å². The van der Waals surface area contributed by atoms with Crippen LogP contribution in [0.2, 0.25) is 0 Å². The molecule has 152 valence electrons. The van der Waals surface area contributed by atoms with Gasteiger partial charge < -0.3 is 14.8 Å². The summed E-state index contributed by atoms with van der Waals surface area (Å²) in [6.45, 7) is 1.22. The number of carbonyl (C=O) groups excluding carboxylic acids is 1. The fraction of sp³-hybridized carbons (Fsp3) is 0.391. The van der Waals surface area contributed by atoms with Gasteiger partial charge in [-0.2, -0.15) is 0 Å². The number of aliphatic hydroxyl groups excluding tert-OH is 1. The molecule has 0 aromatic heterocycles. The maximum Gasteiger partial charge on any atom is 0.266 e. The molecule has 2 aliphatic heterocycles. The molecule has 2 atom stereocenters. The van der Waals surface area contributed by atoms with Crippen molar-refractivity contribution in [2.24, 2.45) is 11.1 Å². The quantitative estimate of drug-likeness (QED) is 0.842. The zero-order valence-corrected chi connectivity index (χ0v) is 16.2. The van der Waals surface area contributed by atoms with Crippen LogP contribution in [-0.4, -0.2) is 40.8 Å². The lowest BCUT2D eigenvalue weighted by Crippen LogP contribution is -2.44. The van der Waals surface area contributed by atoms with E-state index in [9.17, 15) is 14.3 Å². The third-order valence-electron chi connectivity index (χ3n) is 5.77. The predicted octanol–water partition coefficient (Wildman–Crippen LogP) is 3.49. The van der Waals surface area contributed by atoms with Crippen LogP contribution in [0.4, 0.5) is 4.39 Å². The standard InChI is InChI=1S/C23H25FN2O3/c24-19-8-6-16(7-9-19)14-20-15-21(29-25-20)23(28)26-12-10-18(11-13-26)22(27)17-4-2-1-3-5-17/h1-9,18,21-22,27H,10-15H2. The molecule has 2 unspecified atom stereocenters. The van der Waals surface area contributed by atoms with E-state index in [-0.39, 0.29) is 17.6 Å². The second-order valence-corrected chi connectivity index (χ2v) is 7.78. The van der Waals surface area contributed by atoms with E-state index in [0.29, 0.717) is 25.9 Å². The normalized spacial score (nSPS) is 20.8. The Morgan fingerprint density at radius 2 is 1.83 bits per heavy atom. The smallest absolute Gasteiger partial charge is 0.266 e. The highest BCUT2D eigenvalue weighted by Gasteiger charge is 2.35. The summed E-state index contributed by atoms with van der Waals surface area (Å²) in [6.07, 6.45) is 1.45. The minimum atomic E-state index is -0.582. The Hall–Kier alpha value is -2.73. The molecule has 29 heavy (non-hydrogen) atoms. The van der Waals surface area contributed by atoms with Crippen molar-refractivity contribution in [3.05, 3.63) is 71.5 Å². The van der Waals surface area contributed by atoms with Crippen LogP contribution >= 0.6 is 0 Å². The SMILES string of the molecule is O=C(C1CC(Cc2ccc(F)cc2)=NO1)N1CCC(C(O)c2ccccc2)CC1. The third kappa shape index (κ3) is 4.65. The largest absolute Gasteiger partial charge is 0.388 e. The van der Waals surface area contributed by atoms with Crippen LogP contribution in [0.25, 0.3) is 0 Å². The van der Waals surface area contributed by atoms with E-state index in [1.54, 1.807) is 12.1 Å². The minimum Gasteiger partial charge on any atom is -0.388 e. The number of hydrogen-bond acceptors (Lipinski definition) is 4. The highest BCUT2D eigenvalue weighted by molar-refractivity contribution is 5.94. The molecule has 2 aromatic rings. The molecule has 0 aliphatic carbocycles. The van der Waals surface area contributed by atoms with Crippen LogP contribution in [0.3, 0.4) is 0 Å². The summed E-state index contributed by atoms with van der Waals surface area (Å²) in [4.78, 5) is 20.0. The summed E-state index contributed by atoms with van der Waals surface area (Å²) in [6, 6.07) is 15.9. The van der Waals surface area contributed by atoms with Gasteiger partial charge >= 0.3 is 0 Å². The van der Waals surface area contributed by atoms with Gasteiger partial charge in [0, 0.05) is 25.9 Å². The number of rotatable bonds is 5. The fourth-order valence-corrected chi connectivity index (χ4v) is 4.06. The van der Waals surface area contributed by atoms with Crippen molar-refractivity contribution in [3.8, 4) is 0 Å². The Labute approximate surface area is 169 Å². The summed E-state index contributed by atoms with van der Waals surface area (Å²) in [7, 11) is 0. The average molecular weight is 396 g/mol. The first-order chi connectivity index (χ1) is 14.1. The molecule has 2 aliphatic rings.